The molecule has 10 nitrogen and oxygen atoms in total. The Balaban J connectivity index is 1.38. The van der Waals surface area contributed by atoms with E-state index in [9.17, 15) is 4.79 Å². The smallest absolute Gasteiger partial charge is 0.246 e. The molecule has 0 atom stereocenters. The zero-order chi connectivity index (χ0) is 26.3. The maximum atomic E-state index is 13.1. The molecular formula is C27H30N8O2. The first-order valence-electron chi connectivity index (χ1n) is 12.1. The molecule has 10 heteroatoms. The number of rotatable bonds is 7. The molecule has 0 aliphatic carbocycles. The van der Waals surface area contributed by atoms with Gasteiger partial charge in [-0.15, -0.1) is 0 Å². The number of aromatic nitrogens is 7. The molecule has 1 N–H and O–H groups in total. The first-order valence-corrected chi connectivity index (χ1v) is 12.1. The Morgan fingerprint density at radius 3 is 2.32 bits per heavy atom. The van der Waals surface area contributed by atoms with Crippen LogP contribution >= 0.6 is 0 Å². The van der Waals surface area contributed by atoms with Gasteiger partial charge >= 0.3 is 0 Å². The second kappa shape index (κ2) is 9.53. The zero-order valence-electron chi connectivity index (χ0n) is 21.9. The lowest BCUT2D eigenvalue weighted by molar-refractivity contribution is -0.116. The fourth-order valence-corrected chi connectivity index (χ4v) is 4.68. The number of hydrogen-bond acceptors (Lipinski definition) is 6. The van der Waals surface area contributed by atoms with Gasteiger partial charge in [0.1, 0.15) is 19.0 Å². The number of amides is 1. The number of ether oxygens (including phenoxy) is 1. The number of nitrogens with zero attached hydrogens (tertiary/aromatic N) is 7. The molecule has 0 radical (unpaired) electrons. The van der Waals surface area contributed by atoms with Crippen LogP contribution in [-0.2, 0) is 18.0 Å². The number of methoxy groups -OCH3 is 1. The maximum absolute atomic E-state index is 13.1. The van der Waals surface area contributed by atoms with Gasteiger partial charge in [0.2, 0.25) is 5.91 Å². The summed E-state index contributed by atoms with van der Waals surface area (Å²) in [6.07, 6.45) is 1.74. The van der Waals surface area contributed by atoms with Crippen LogP contribution in [0.4, 0.5) is 5.69 Å². The van der Waals surface area contributed by atoms with E-state index in [1.165, 1.54) is 0 Å². The van der Waals surface area contributed by atoms with Gasteiger partial charge in [0.25, 0.3) is 0 Å². The molecule has 0 spiro atoms. The van der Waals surface area contributed by atoms with Crippen molar-refractivity contribution in [2.75, 3.05) is 12.4 Å². The molecule has 0 bridgehead atoms. The van der Waals surface area contributed by atoms with Gasteiger partial charge in [-0.25, -0.2) is 19.0 Å². The summed E-state index contributed by atoms with van der Waals surface area (Å²) in [4.78, 5) is 17.7. The summed E-state index contributed by atoms with van der Waals surface area (Å²) in [5.74, 6) is 0.597. The second-order valence-corrected chi connectivity index (χ2v) is 9.19. The van der Waals surface area contributed by atoms with E-state index in [4.69, 9.17) is 4.74 Å². The standard InChI is InChI=1S/C27H30N8O2/c1-16-13-17(2)34(30-16)15-35-20(5)26(19(4)32-35)29-24(36)14-33-27-25(18(3)31-33)23(11-12-28-27)21-7-9-22(37-6)10-8-21/h7-13H,14-15H2,1-6H3,(H,29,36). The molecular weight excluding hydrogens is 468 g/mol. The highest BCUT2D eigenvalue weighted by Gasteiger charge is 2.19. The minimum absolute atomic E-state index is 0.0327. The van der Waals surface area contributed by atoms with Crippen molar-refractivity contribution in [2.24, 2.45) is 0 Å². The van der Waals surface area contributed by atoms with Gasteiger partial charge in [0.05, 0.1) is 35.6 Å². The normalized spacial score (nSPS) is 11.3. The van der Waals surface area contributed by atoms with Crippen molar-refractivity contribution >= 4 is 22.6 Å². The van der Waals surface area contributed by atoms with E-state index in [0.29, 0.717) is 18.0 Å². The highest BCUT2D eigenvalue weighted by atomic mass is 16.5. The number of carbonyl (C=O) groups excluding carboxylic acids is 1. The first-order chi connectivity index (χ1) is 17.7. The zero-order valence-corrected chi connectivity index (χ0v) is 21.9. The molecule has 190 valence electrons. The Morgan fingerprint density at radius 1 is 0.919 bits per heavy atom. The van der Waals surface area contributed by atoms with Crippen LogP contribution in [0, 0.1) is 34.6 Å². The molecule has 0 unspecified atom stereocenters. The summed E-state index contributed by atoms with van der Waals surface area (Å²) in [7, 11) is 1.65. The third kappa shape index (κ3) is 4.57. The lowest BCUT2D eigenvalue weighted by Gasteiger charge is -2.09. The summed E-state index contributed by atoms with van der Waals surface area (Å²) >= 11 is 0. The number of fused-ring (bicyclic) bond motifs is 1. The summed E-state index contributed by atoms with van der Waals surface area (Å²) in [6, 6.07) is 11.9. The van der Waals surface area contributed by atoms with E-state index >= 15 is 0 Å². The number of hydrogen-bond donors (Lipinski definition) is 1. The van der Waals surface area contributed by atoms with E-state index in [0.717, 1.165) is 50.7 Å². The number of anilines is 1. The van der Waals surface area contributed by atoms with Crippen LogP contribution in [0.25, 0.3) is 22.2 Å². The molecule has 4 heterocycles. The monoisotopic (exact) mass is 498 g/mol. The lowest BCUT2D eigenvalue weighted by Crippen LogP contribution is -2.20. The number of aryl methyl sites for hydroxylation is 4. The Bertz CT molecular complexity index is 1610. The molecule has 0 saturated carbocycles. The average molecular weight is 499 g/mol. The Morgan fingerprint density at radius 2 is 1.65 bits per heavy atom. The topological polar surface area (TPSA) is 105 Å². The van der Waals surface area contributed by atoms with Crippen molar-refractivity contribution in [3.63, 3.8) is 0 Å². The van der Waals surface area contributed by atoms with Gasteiger partial charge in [0, 0.05) is 17.3 Å². The maximum Gasteiger partial charge on any atom is 0.246 e. The second-order valence-electron chi connectivity index (χ2n) is 9.19. The van der Waals surface area contributed by atoms with Crippen LogP contribution in [0.1, 0.15) is 28.5 Å². The van der Waals surface area contributed by atoms with Crippen molar-refractivity contribution in [2.45, 2.75) is 47.8 Å². The first kappa shape index (κ1) is 24.2. The van der Waals surface area contributed by atoms with Gasteiger partial charge < -0.3 is 10.1 Å². The largest absolute Gasteiger partial charge is 0.497 e. The highest BCUT2D eigenvalue weighted by Crippen LogP contribution is 2.31. The van der Waals surface area contributed by atoms with Crippen molar-refractivity contribution in [1.82, 2.24) is 34.3 Å². The lowest BCUT2D eigenvalue weighted by atomic mass is 10.0. The summed E-state index contributed by atoms with van der Waals surface area (Å²) in [5, 5.41) is 17.7. The van der Waals surface area contributed by atoms with Crippen molar-refractivity contribution in [3.05, 3.63) is 71.1 Å². The predicted octanol–water partition coefficient (Wildman–Crippen LogP) is 4.19. The van der Waals surface area contributed by atoms with E-state index < -0.39 is 0 Å². The number of carbonyl (C=O) groups is 1. The van der Waals surface area contributed by atoms with Crippen LogP contribution in [-0.4, -0.2) is 47.3 Å². The Kier molecular flexibility index (Phi) is 6.24. The molecule has 4 aromatic heterocycles. The molecule has 37 heavy (non-hydrogen) atoms. The van der Waals surface area contributed by atoms with E-state index in [1.54, 1.807) is 18.0 Å². The fourth-order valence-electron chi connectivity index (χ4n) is 4.68. The van der Waals surface area contributed by atoms with Crippen molar-refractivity contribution in [1.29, 1.82) is 0 Å². The number of benzene rings is 1. The molecule has 5 rings (SSSR count). The molecule has 0 saturated heterocycles. The Hall–Kier alpha value is -4.47. The van der Waals surface area contributed by atoms with E-state index in [2.05, 4.69) is 25.6 Å². The van der Waals surface area contributed by atoms with Crippen LogP contribution in [0.3, 0.4) is 0 Å². The van der Waals surface area contributed by atoms with Crippen molar-refractivity contribution in [3.8, 4) is 16.9 Å². The summed E-state index contributed by atoms with van der Waals surface area (Å²) in [5.41, 5.74) is 7.83. The van der Waals surface area contributed by atoms with Gasteiger partial charge in [-0.3, -0.25) is 4.79 Å². The number of pyridine rings is 1. The summed E-state index contributed by atoms with van der Waals surface area (Å²) < 4.78 is 10.7. The minimum Gasteiger partial charge on any atom is -0.497 e. The van der Waals surface area contributed by atoms with Crippen LogP contribution < -0.4 is 10.1 Å². The molecule has 5 aromatic rings. The fraction of sp³-hybridized carbons (Fsp3) is 0.296. The van der Waals surface area contributed by atoms with Gasteiger partial charge in [-0.05, 0) is 70.0 Å². The van der Waals surface area contributed by atoms with Gasteiger partial charge in [0.15, 0.2) is 5.65 Å². The molecule has 1 aromatic carbocycles. The third-order valence-electron chi connectivity index (χ3n) is 6.52. The molecule has 0 aliphatic rings. The Labute approximate surface area is 214 Å². The van der Waals surface area contributed by atoms with Crippen LogP contribution in [0.2, 0.25) is 0 Å². The minimum atomic E-state index is -0.196. The quantitative estimate of drug-likeness (QED) is 0.361. The number of nitrogens with one attached hydrogen (secondary N) is 1. The molecule has 1 amide bonds. The van der Waals surface area contributed by atoms with Crippen LogP contribution in [0.15, 0.2) is 42.6 Å². The highest BCUT2D eigenvalue weighted by molar-refractivity contribution is 5.96. The third-order valence-corrected chi connectivity index (χ3v) is 6.52. The molecule has 0 aliphatic heterocycles. The van der Waals surface area contributed by atoms with Crippen LogP contribution in [0.5, 0.6) is 5.75 Å². The average Bonchev–Trinajstić information content (AvgIpc) is 3.47. The summed E-state index contributed by atoms with van der Waals surface area (Å²) in [6.45, 7) is 10.2. The van der Waals surface area contributed by atoms with Crippen molar-refractivity contribution < 1.29 is 9.53 Å². The molecule has 0 fully saturated rings. The van der Waals surface area contributed by atoms with Gasteiger partial charge in [-0.1, -0.05) is 12.1 Å². The van der Waals surface area contributed by atoms with E-state index in [1.807, 2.05) is 80.4 Å². The SMILES string of the molecule is COc1ccc(-c2ccnc3c2c(C)nn3CC(=O)Nc2c(C)nn(Cn3nc(C)cc3C)c2C)cc1. The predicted molar refractivity (Wildman–Crippen MR) is 142 cm³/mol. The van der Waals surface area contributed by atoms with Gasteiger partial charge in [-0.2, -0.15) is 15.3 Å². The van der Waals surface area contributed by atoms with E-state index in [-0.39, 0.29) is 12.5 Å².